The smallest absolute Gasteiger partial charge is 0 e. The minimum absolute atomic E-state index is 0. The summed E-state index contributed by atoms with van der Waals surface area (Å²) in [4.78, 5) is 0. The first-order valence-corrected chi connectivity index (χ1v) is 1.67. The molecule has 55 valence electrons. The van der Waals surface area contributed by atoms with Crippen LogP contribution in [-0.4, -0.2) is 0 Å². The molecule has 0 saturated heterocycles. The molecule has 0 fully saturated rings. The molecule has 0 aliphatic rings. The maximum Gasteiger partial charge on any atom is 0 e. The van der Waals surface area contributed by atoms with Crippen molar-refractivity contribution >= 4 is 0 Å². The Bertz CT molecular complexity index is 68.7. The van der Waals surface area contributed by atoms with Crippen molar-refractivity contribution < 1.29 is 73.3 Å². The van der Waals surface area contributed by atoms with Crippen LogP contribution in [0.1, 0.15) is 0 Å². The SMILES string of the molecule is [Br-].[Br-].[Br-].[Ta].c1cc[cH-]c1. The molecule has 0 nitrogen and oxygen atoms in total. The molecule has 0 unspecified atom stereocenters. The van der Waals surface area contributed by atoms with Gasteiger partial charge in [-0.2, -0.15) is 18.2 Å². The minimum Gasteiger partial charge on any atom is -1.00 e. The van der Waals surface area contributed by atoms with Crippen molar-refractivity contribution in [2.24, 2.45) is 0 Å². The average molecular weight is 486 g/mol. The normalized spacial score (nSPS) is 4.44. The van der Waals surface area contributed by atoms with Crippen LogP contribution < -0.4 is 50.9 Å². The Balaban J connectivity index is -0.0000000312. The molecule has 1 radical (unpaired) electrons. The van der Waals surface area contributed by atoms with E-state index in [1.165, 1.54) is 0 Å². The average Bonchev–Trinajstić information content (AvgIpc) is 1.76. The van der Waals surface area contributed by atoms with Gasteiger partial charge >= 0.3 is 0 Å². The zero-order chi connectivity index (χ0) is 3.54. The van der Waals surface area contributed by atoms with Crippen molar-refractivity contribution in [2.45, 2.75) is 0 Å². The Kier molecular flexibility index (Phi) is 40.5. The van der Waals surface area contributed by atoms with E-state index < -0.39 is 0 Å². The fraction of sp³-hybridized carbons (Fsp3) is 0. The molecule has 0 heterocycles. The van der Waals surface area contributed by atoms with Gasteiger partial charge in [-0.1, -0.05) is 0 Å². The van der Waals surface area contributed by atoms with E-state index >= 15 is 0 Å². The molecule has 0 aliphatic carbocycles. The molecular weight excluding hydrogens is 481 g/mol. The van der Waals surface area contributed by atoms with E-state index in [4.69, 9.17) is 0 Å². The topological polar surface area (TPSA) is 0 Å². The number of hydrogen-bond donors (Lipinski definition) is 0. The van der Waals surface area contributed by atoms with Gasteiger partial charge in [0.25, 0.3) is 0 Å². The van der Waals surface area contributed by atoms with Gasteiger partial charge in [-0.05, 0) is 0 Å². The van der Waals surface area contributed by atoms with Crippen molar-refractivity contribution in [3.8, 4) is 0 Å². The molecule has 0 saturated carbocycles. The predicted molar refractivity (Wildman–Crippen MR) is 22.0 cm³/mol. The Morgan fingerprint density at radius 2 is 1.11 bits per heavy atom. The van der Waals surface area contributed by atoms with E-state index in [0.29, 0.717) is 0 Å². The van der Waals surface area contributed by atoms with Gasteiger partial charge in [0.15, 0.2) is 0 Å². The standard InChI is InChI=1S/C5H5.3BrH.Ta/c1-2-4-5-3-1;;;;/h1-5H;3*1H;/q-1;;;;/p-3. The second-order valence-corrected chi connectivity index (χ2v) is 0.962. The van der Waals surface area contributed by atoms with E-state index in [1.807, 2.05) is 30.3 Å². The van der Waals surface area contributed by atoms with Crippen LogP contribution in [0.5, 0.6) is 0 Å². The van der Waals surface area contributed by atoms with Crippen molar-refractivity contribution in [3.63, 3.8) is 0 Å². The molecule has 0 N–H and O–H groups in total. The molecule has 0 atom stereocenters. The van der Waals surface area contributed by atoms with Gasteiger partial charge in [-0.15, -0.1) is 0 Å². The first-order chi connectivity index (χ1) is 2.50. The van der Waals surface area contributed by atoms with Crippen LogP contribution in [0.25, 0.3) is 0 Å². The van der Waals surface area contributed by atoms with Crippen LogP contribution in [0.3, 0.4) is 0 Å². The summed E-state index contributed by atoms with van der Waals surface area (Å²) >= 11 is 0. The second-order valence-electron chi connectivity index (χ2n) is 0.962. The number of hydrogen-bond acceptors (Lipinski definition) is 0. The molecule has 4 heteroatoms. The Labute approximate surface area is 103 Å². The van der Waals surface area contributed by atoms with Gasteiger partial charge < -0.3 is 50.9 Å². The summed E-state index contributed by atoms with van der Waals surface area (Å²) in [6, 6.07) is 10.0. The fourth-order valence-corrected chi connectivity index (χ4v) is 0.321. The number of halogens is 3. The van der Waals surface area contributed by atoms with Gasteiger partial charge in [-0.3, -0.25) is 0 Å². The van der Waals surface area contributed by atoms with Crippen molar-refractivity contribution in [3.05, 3.63) is 30.3 Å². The first kappa shape index (κ1) is 22.4. The summed E-state index contributed by atoms with van der Waals surface area (Å²) in [5, 5.41) is 0. The summed E-state index contributed by atoms with van der Waals surface area (Å²) in [6.07, 6.45) is 0. The molecule has 1 rings (SSSR count). The van der Waals surface area contributed by atoms with Gasteiger partial charge in [0.2, 0.25) is 0 Å². The third-order valence-corrected chi connectivity index (χ3v) is 0.556. The van der Waals surface area contributed by atoms with Crippen LogP contribution in [0.4, 0.5) is 0 Å². The van der Waals surface area contributed by atoms with E-state index in [0.717, 1.165) is 0 Å². The molecule has 0 spiro atoms. The molecule has 1 aromatic carbocycles. The fourth-order valence-electron chi connectivity index (χ4n) is 0.321. The van der Waals surface area contributed by atoms with E-state index in [1.54, 1.807) is 0 Å². The van der Waals surface area contributed by atoms with Crippen LogP contribution in [0, 0.1) is 0 Å². The molecular formula is C5H5Br3Ta-4. The summed E-state index contributed by atoms with van der Waals surface area (Å²) < 4.78 is 0. The summed E-state index contributed by atoms with van der Waals surface area (Å²) in [6.45, 7) is 0. The van der Waals surface area contributed by atoms with Gasteiger partial charge in [0.1, 0.15) is 0 Å². The maximum atomic E-state index is 2.00. The third-order valence-electron chi connectivity index (χ3n) is 0.556. The summed E-state index contributed by atoms with van der Waals surface area (Å²) in [5.41, 5.74) is 0. The van der Waals surface area contributed by atoms with Crippen molar-refractivity contribution in [2.75, 3.05) is 0 Å². The molecule has 0 aromatic heterocycles. The monoisotopic (exact) mass is 483 g/mol. The molecule has 0 bridgehead atoms. The van der Waals surface area contributed by atoms with Crippen LogP contribution >= 0.6 is 0 Å². The van der Waals surface area contributed by atoms with Gasteiger partial charge in [0, 0.05) is 22.4 Å². The summed E-state index contributed by atoms with van der Waals surface area (Å²) in [5.74, 6) is 0. The molecule has 9 heavy (non-hydrogen) atoms. The van der Waals surface area contributed by atoms with Gasteiger partial charge in [-0.25, -0.2) is 12.1 Å². The molecule has 1 aromatic rings. The van der Waals surface area contributed by atoms with Gasteiger partial charge in [0.05, 0.1) is 0 Å². The third kappa shape index (κ3) is 12.7. The largest absolute Gasteiger partial charge is 1.00 e. The first-order valence-electron chi connectivity index (χ1n) is 1.67. The summed E-state index contributed by atoms with van der Waals surface area (Å²) in [7, 11) is 0. The van der Waals surface area contributed by atoms with E-state index in [-0.39, 0.29) is 73.3 Å². The van der Waals surface area contributed by atoms with Crippen LogP contribution in [-0.2, 0) is 22.4 Å². The zero-order valence-electron chi connectivity index (χ0n) is 4.47. The van der Waals surface area contributed by atoms with Crippen LogP contribution in [0.15, 0.2) is 30.3 Å². The molecule has 0 amide bonds. The number of rotatable bonds is 0. The predicted octanol–water partition coefficient (Wildman–Crippen LogP) is -7.59. The molecule has 0 aliphatic heterocycles. The Morgan fingerprint density at radius 3 is 1.22 bits per heavy atom. The van der Waals surface area contributed by atoms with Crippen molar-refractivity contribution in [1.82, 2.24) is 0 Å². The van der Waals surface area contributed by atoms with Crippen LogP contribution in [0.2, 0.25) is 0 Å². The maximum absolute atomic E-state index is 2.00. The van der Waals surface area contributed by atoms with E-state index in [9.17, 15) is 0 Å². The Morgan fingerprint density at radius 1 is 0.778 bits per heavy atom. The zero-order valence-corrected chi connectivity index (χ0v) is 12.4. The van der Waals surface area contributed by atoms with Crippen molar-refractivity contribution in [1.29, 1.82) is 0 Å². The Hall–Kier alpha value is 1.53. The van der Waals surface area contributed by atoms with E-state index in [2.05, 4.69) is 0 Å². The minimum atomic E-state index is 0. The quantitative estimate of drug-likeness (QED) is 0.321. The second kappa shape index (κ2) is 16.3.